The standard InChI is InChI=1S/C31H21BrN6O2/c32-21-15-16-23-22(17-21)27(29(39)33-23)35-36-30(40)28-26(20-11-5-2-6-12-20)34-31-37(18-19-9-3-1-4-10-19)24-13-7-8-14-25(24)38(28)31/h1-17,33,39H,18H2. The van der Waals surface area contributed by atoms with E-state index in [1.807, 2.05) is 95.4 Å². The molecule has 7 rings (SSSR count). The zero-order chi connectivity index (χ0) is 27.2. The molecule has 3 aromatic heterocycles. The molecule has 4 aromatic carbocycles. The first kappa shape index (κ1) is 24.1. The highest BCUT2D eigenvalue weighted by atomic mass is 79.9. The molecule has 0 aliphatic rings. The molecular formula is C31H21BrN6O2. The Kier molecular flexibility index (Phi) is 5.78. The van der Waals surface area contributed by atoms with Gasteiger partial charge in [-0.2, -0.15) is 0 Å². The summed E-state index contributed by atoms with van der Waals surface area (Å²) in [5.41, 5.74) is 5.37. The summed E-state index contributed by atoms with van der Waals surface area (Å²) in [4.78, 5) is 21.8. The number of hydrogen-bond acceptors (Lipinski definition) is 4. The number of hydrogen-bond donors (Lipinski definition) is 2. The summed E-state index contributed by atoms with van der Waals surface area (Å²) in [5, 5.41) is 19.5. The first-order valence-corrected chi connectivity index (χ1v) is 13.4. The molecule has 0 saturated heterocycles. The smallest absolute Gasteiger partial charge is 0.314 e. The van der Waals surface area contributed by atoms with E-state index >= 15 is 0 Å². The second-order valence-electron chi connectivity index (χ2n) is 9.39. The molecule has 0 spiro atoms. The van der Waals surface area contributed by atoms with E-state index in [-0.39, 0.29) is 11.6 Å². The minimum absolute atomic E-state index is 0.161. The molecule has 3 heterocycles. The maximum Gasteiger partial charge on any atom is 0.314 e. The van der Waals surface area contributed by atoms with Crippen LogP contribution in [0.3, 0.4) is 0 Å². The number of nitrogens with one attached hydrogen (secondary N) is 1. The summed E-state index contributed by atoms with van der Waals surface area (Å²) < 4.78 is 4.78. The Morgan fingerprint density at radius 2 is 1.60 bits per heavy atom. The molecule has 9 heteroatoms. The van der Waals surface area contributed by atoms with Gasteiger partial charge in [0, 0.05) is 15.4 Å². The number of amides is 1. The molecule has 2 N–H and O–H groups in total. The van der Waals surface area contributed by atoms with Crippen LogP contribution in [0.2, 0.25) is 0 Å². The monoisotopic (exact) mass is 588 g/mol. The number of aromatic hydroxyl groups is 1. The lowest BCUT2D eigenvalue weighted by molar-refractivity contribution is 0.0990. The van der Waals surface area contributed by atoms with Gasteiger partial charge in [-0.15, -0.1) is 10.2 Å². The summed E-state index contributed by atoms with van der Waals surface area (Å²) in [7, 11) is 0. The van der Waals surface area contributed by atoms with Crippen molar-refractivity contribution < 1.29 is 9.90 Å². The molecule has 0 bridgehead atoms. The van der Waals surface area contributed by atoms with Crippen molar-refractivity contribution in [2.75, 3.05) is 0 Å². The van der Waals surface area contributed by atoms with Crippen LogP contribution in [0.1, 0.15) is 16.1 Å². The largest absolute Gasteiger partial charge is 0.493 e. The number of para-hydroxylation sites is 2. The molecule has 0 unspecified atom stereocenters. The summed E-state index contributed by atoms with van der Waals surface area (Å²) >= 11 is 3.45. The van der Waals surface area contributed by atoms with Crippen molar-refractivity contribution in [2.45, 2.75) is 6.54 Å². The Balaban J connectivity index is 1.44. The van der Waals surface area contributed by atoms with Crippen LogP contribution >= 0.6 is 15.9 Å². The molecule has 0 fully saturated rings. The maximum absolute atomic E-state index is 13.9. The summed E-state index contributed by atoms with van der Waals surface area (Å²) in [6, 6.07) is 33.1. The van der Waals surface area contributed by atoms with Crippen LogP contribution in [-0.4, -0.2) is 29.9 Å². The number of halogens is 1. The van der Waals surface area contributed by atoms with Crippen LogP contribution < -0.4 is 0 Å². The fraction of sp³-hybridized carbons (Fsp3) is 0.0323. The summed E-state index contributed by atoms with van der Waals surface area (Å²) in [5.74, 6) is -0.107. The Morgan fingerprint density at radius 3 is 2.38 bits per heavy atom. The van der Waals surface area contributed by atoms with Crippen molar-refractivity contribution in [3.63, 3.8) is 0 Å². The predicted molar refractivity (Wildman–Crippen MR) is 158 cm³/mol. The average Bonchev–Trinajstić information content (AvgIpc) is 3.62. The van der Waals surface area contributed by atoms with E-state index in [1.165, 1.54) is 0 Å². The van der Waals surface area contributed by atoms with Crippen molar-refractivity contribution >= 4 is 55.2 Å². The number of benzene rings is 4. The second kappa shape index (κ2) is 9.62. The molecule has 0 aliphatic heterocycles. The third-order valence-corrected chi connectivity index (χ3v) is 7.40. The molecule has 7 aromatic rings. The third-order valence-electron chi connectivity index (χ3n) is 6.90. The van der Waals surface area contributed by atoms with Gasteiger partial charge in [0.2, 0.25) is 11.7 Å². The Hall–Kier alpha value is -5.02. The van der Waals surface area contributed by atoms with E-state index in [4.69, 9.17) is 4.98 Å². The van der Waals surface area contributed by atoms with Crippen LogP contribution in [0.5, 0.6) is 5.88 Å². The Bertz CT molecular complexity index is 2070. The van der Waals surface area contributed by atoms with Gasteiger partial charge in [-0.05, 0) is 35.9 Å². The number of carbonyl (C=O) groups excluding carboxylic acids is 1. The van der Waals surface area contributed by atoms with Crippen molar-refractivity contribution in [3.8, 4) is 17.1 Å². The number of H-pyrrole nitrogens is 1. The fourth-order valence-electron chi connectivity index (χ4n) is 5.10. The Labute approximate surface area is 236 Å². The first-order chi connectivity index (χ1) is 19.6. The average molecular weight is 589 g/mol. The van der Waals surface area contributed by atoms with Crippen LogP contribution in [0.4, 0.5) is 5.69 Å². The van der Waals surface area contributed by atoms with Crippen molar-refractivity contribution in [1.29, 1.82) is 0 Å². The molecule has 1 amide bonds. The van der Waals surface area contributed by atoms with Crippen molar-refractivity contribution in [2.24, 2.45) is 10.2 Å². The number of azo groups is 1. The van der Waals surface area contributed by atoms with Gasteiger partial charge in [-0.3, -0.25) is 9.20 Å². The predicted octanol–water partition coefficient (Wildman–Crippen LogP) is 7.88. The van der Waals surface area contributed by atoms with Gasteiger partial charge in [0.05, 0.1) is 23.1 Å². The summed E-state index contributed by atoms with van der Waals surface area (Å²) in [6.07, 6.45) is 0. The molecular weight excluding hydrogens is 568 g/mol. The lowest BCUT2D eigenvalue weighted by atomic mass is 10.1. The number of rotatable bonds is 5. The number of carbonyl (C=O) groups is 1. The van der Waals surface area contributed by atoms with Gasteiger partial charge >= 0.3 is 5.91 Å². The highest BCUT2D eigenvalue weighted by molar-refractivity contribution is 9.10. The van der Waals surface area contributed by atoms with Gasteiger partial charge in [-0.1, -0.05) is 88.7 Å². The molecule has 40 heavy (non-hydrogen) atoms. The molecule has 194 valence electrons. The quantitative estimate of drug-likeness (QED) is 0.200. The zero-order valence-electron chi connectivity index (χ0n) is 21.0. The topological polar surface area (TPSA) is 100 Å². The highest BCUT2D eigenvalue weighted by Crippen LogP contribution is 2.37. The van der Waals surface area contributed by atoms with Crippen molar-refractivity contribution in [1.82, 2.24) is 18.9 Å². The van der Waals surface area contributed by atoms with Crippen LogP contribution in [-0.2, 0) is 6.54 Å². The SMILES string of the molecule is O=C(N=Nc1c(O)[nH]c2ccc(Br)cc12)c1c(-c2ccccc2)nc2n(Cc3ccccc3)c3ccccc3n12. The third kappa shape index (κ3) is 3.99. The molecule has 0 radical (unpaired) electrons. The van der Waals surface area contributed by atoms with E-state index in [9.17, 15) is 9.90 Å². The number of aromatic amines is 1. The van der Waals surface area contributed by atoms with Gasteiger partial charge in [0.25, 0.3) is 0 Å². The molecule has 0 saturated carbocycles. The lowest BCUT2D eigenvalue weighted by Gasteiger charge is -2.05. The van der Waals surface area contributed by atoms with Crippen LogP contribution in [0.15, 0.2) is 118 Å². The van der Waals surface area contributed by atoms with Crippen LogP contribution in [0, 0.1) is 0 Å². The number of fused-ring (bicyclic) bond motifs is 4. The molecule has 0 atom stereocenters. The van der Waals surface area contributed by atoms with Gasteiger partial charge < -0.3 is 14.7 Å². The molecule has 8 nitrogen and oxygen atoms in total. The summed E-state index contributed by atoms with van der Waals surface area (Å²) in [6.45, 7) is 0.580. The van der Waals surface area contributed by atoms with Crippen molar-refractivity contribution in [3.05, 3.63) is 119 Å². The van der Waals surface area contributed by atoms with E-state index in [2.05, 4.69) is 47.8 Å². The fourth-order valence-corrected chi connectivity index (χ4v) is 5.46. The van der Waals surface area contributed by atoms with Gasteiger partial charge in [0.15, 0.2) is 5.69 Å². The van der Waals surface area contributed by atoms with E-state index in [1.54, 1.807) is 0 Å². The maximum atomic E-state index is 13.9. The highest BCUT2D eigenvalue weighted by Gasteiger charge is 2.26. The van der Waals surface area contributed by atoms with Gasteiger partial charge in [-0.25, -0.2) is 4.98 Å². The second-order valence-corrected chi connectivity index (χ2v) is 10.3. The number of nitrogens with zero attached hydrogens (tertiary/aromatic N) is 5. The van der Waals surface area contributed by atoms with E-state index in [0.29, 0.717) is 34.6 Å². The number of aromatic nitrogens is 4. The van der Waals surface area contributed by atoms with E-state index < -0.39 is 5.91 Å². The molecule has 0 aliphatic carbocycles. The zero-order valence-corrected chi connectivity index (χ0v) is 22.6. The lowest BCUT2D eigenvalue weighted by Crippen LogP contribution is -2.02. The first-order valence-electron chi connectivity index (χ1n) is 12.6. The van der Waals surface area contributed by atoms with Gasteiger partial charge in [0.1, 0.15) is 11.4 Å². The van der Waals surface area contributed by atoms with Crippen LogP contribution in [0.25, 0.3) is 39.0 Å². The normalized spacial score (nSPS) is 11.8. The minimum Gasteiger partial charge on any atom is -0.493 e. The van der Waals surface area contributed by atoms with E-state index in [0.717, 1.165) is 26.6 Å². The Morgan fingerprint density at radius 1 is 0.900 bits per heavy atom. The number of imidazole rings is 2. The minimum atomic E-state index is -0.572.